The summed E-state index contributed by atoms with van der Waals surface area (Å²) in [5.74, 6) is -7.73. The van der Waals surface area contributed by atoms with Gasteiger partial charge in [0.2, 0.25) is 0 Å². The van der Waals surface area contributed by atoms with Gasteiger partial charge < -0.3 is 19.7 Å². The fourth-order valence-corrected chi connectivity index (χ4v) is 9.80. The molecule has 1 saturated heterocycles. The summed E-state index contributed by atoms with van der Waals surface area (Å²) in [7, 11) is 0. The number of allylic oxidation sites excluding steroid dienone is 1. The van der Waals surface area contributed by atoms with Gasteiger partial charge in [0.25, 0.3) is 0 Å². The van der Waals surface area contributed by atoms with E-state index in [-0.39, 0.29) is 30.6 Å². The van der Waals surface area contributed by atoms with Crippen molar-refractivity contribution in [2.45, 2.75) is 107 Å². The Hall–Kier alpha value is -2.66. The van der Waals surface area contributed by atoms with Gasteiger partial charge in [-0.05, 0) is 85.3 Å². The van der Waals surface area contributed by atoms with Gasteiger partial charge in [0.15, 0.2) is 5.79 Å². The third kappa shape index (κ3) is 5.19. The summed E-state index contributed by atoms with van der Waals surface area (Å²) >= 11 is 0. The molecule has 260 valence electrons. The van der Waals surface area contributed by atoms with Crippen LogP contribution >= 0.6 is 0 Å². The molecule has 1 aliphatic heterocycles. The topological polar surface area (TPSA) is 71.8 Å². The van der Waals surface area contributed by atoms with Gasteiger partial charge in [-0.15, -0.1) is 0 Å². The summed E-state index contributed by atoms with van der Waals surface area (Å²) in [6.07, 6.45) is 0.834. The molecule has 4 fully saturated rings. The molecule has 0 radical (unpaired) electrons. The highest BCUT2D eigenvalue weighted by atomic mass is 19.4. The highest BCUT2D eigenvalue weighted by molar-refractivity contribution is 5.68. The van der Waals surface area contributed by atoms with Crippen molar-refractivity contribution in [2.24, 2.45) is 22.7 Å². The maximum atomic E-state index is 15.4. The largest absolute Gasteiger partial charge is 0.456 e. The lowest BCUT2D eigenvalue weighted by Crippen LogP contribution is -2.65. The first-order valence-corrected chi connectivity index (χ1v) is 17.0. The van der Waals surface area contributed by atoms with Crippen molar-refractivity contribution < 1.29 is 41.6 Å². The average Bonchev–Trinajstić information content (AvgIpc) is 3.32. The average molecular weight is 674 g/mol. The number of nitrogens with zero attached hydrogens (tertiary/aromatic N) is 1. The molecular formula is C38H44F5NO4. The van der Waals surface area contributed by atoms with E-state index in [0.717, 1.165) is 28.0 Å². The van der Waals surface area contributed by atoms with Crippen LogP contribution in [0.3, 0.4) is 0 Å². The number of pyridine rings is 1. The van der Waals surface area contributed by atoms with Gasteiger partial charge >= 0.3 is 12.1 Å². The lowest BCUT2D eigenvalue weighted by Gasteiger charge is -2.59. The van der Waals surface area contributed by atoms with Gasteiger partial charge in [-0.3, -0.25) is 4.98 Å². The van der Waals surface area contributed by atoms with Crippen molar-refractivity contribution in [1.29, 1.82) is 0 Å². The van der Waals surface area contributed by atoms with Crippen LogP contribution in [0.4, 0.5) is 22.0 Å². The Morgan fingerprint density at radius 1 is 0.875 bits per heavy atom. The predicted octanol–water partition coefficient (Wildman–Crippen LogP) is 8.48. The molecule has 0 amide bonds. The van der Waals surface area contributed by atoms with Gasteiger partial charge in [-0.1, -0.05) is 62.8 Å². The van der Waals surface area contributed by atoms with Crippen molar-refractivity contribution in [2.75, 3.05) is 13.2 Å². The van der Waals surface area contributed by atoms with Crippen LogP contribution in [0.25, 0.3) is 12.2 Å². The van der Waals surface area contributed by atoms with Crippen LogP contribution < -0.4 is 0 Å². The molecule has 7 rings (SSSR count). The molecule has 5 aliphatic rings. The third-order valence-corrected chi connectivity index (χ3v) is 12.4. The summed E-state index contributed by atoms with van der Waals surface area (Å²) in [5, 5.41) is 24.0. The molecule has 1 spiro atoms. The predicted molar refractivity (Wildman–Crippen MR) is 171 cm³/mol. The minimum absolute atomic E-state index is 0.0494. The zero-order chi connectivity index (χ0) is 34.4. The number of hydrogen-bond acceptors (Lipinski definition) is 5. The molecule has 2 heterocycles. The lowest BCUT2D eigenvalue weighted by atomic mass is 9.49. The van der Waals surface area contributed by atoms with E-state index >= 15 is 8.78 Å². The molecule has 5 nitrogen and oxygen atoms in total. The van der Waals surface area contributed by atoms with Gasteiger partial charge in [0, 0.05) is 35.8 Å². The van der Waals surface area contributed by atoms with Crippen LogP contribution in [0.15, 0.2) is 59.8 Å². The highest BCUT2D eigenvalue weighted by Crippen LogP contribution is 2.71. The molecule has 48 heavy (non-hydrogen) atoms. The maximum absolute atomic E-state index is 15.4. The molecule has 0 bridgehead atoms. The zero-order valence-corrected chi connectivity index (χ0v) is 27.6. The number of rotatable bonds is 4. The number of halogens is 5. The molecular weight excluding hydrogens is 629 g/mol. The van der Waals surface area contributed by atoms with Gasteiger partial charge in [0.1, 0.15) is 5.60 Å². The van der Waals surface area contributed by atoms with Crippen molar-refractivity contribution in [3.05, 3.63) is 76.6 Å². The smallest absolute Gasteiger partial charge is 0.385 e. The van der Waals surface area contributed by atoms with E-state index in [4.69, 9.17) is 9.47 Å². The minimum Gasteiger partial charge on any atom is -0.385 e. The fraction of sp³-hybridized carbons (Fsp3) is 0.605. The van der Waals surface area contributed by atoms with Crippen LogP contribution in [0.5, 0.6) is 0 Å². The Balaban J connectivity index is 1.30. The molecule has 3 saturated carbocycles. The second-order valence-corrected chi connectivity index (χ2v) is 15.9. The van der Waals surface area contributed by atoms with Gasteiger partial charge in [-0.2, -0.15) is 22.0 Å². The van der Waals surface area contributed by atoms with E-state index < -0.39 is 52.8 Å². The Kier molecular flexibility index (Phi) is 7.87. The van der Waals surface area contributed by atoms with E-state index in [0.29, 0.717) is 38.9 Å². The van der Waals surface area contributed by atoms with Crippen molar-refractivity contribution >= 4 is 12.2 Å². The Labute approximate surface area is 278 Å². The Bertz CT molecular complexity index is 1590. The molecule has 10 heteroatoms. The van der Waals surface area contributed by atoms with Crippen LogP contribution in [-0.2, 0) is 9.47 Å². The first-order chi connectivity index (χ1) is 22.4. The Morgan fingerprint density at radius 3 is 2.23 bits per heavy atom. The standard InChI is InChI=1S/C38H44F5NO4/c1-32(2)22-47-35(48-23-32)17-14-30-31-27(13-16-34(30,45)21-35)29-15-18-36(46,37(39,40)38(41,42)43)33(29,3)20-28(31)25-10-7-24(8-11-25)9-12-26-6-4-5-19-44-26/h4-12,19,27-29,45-46H,13-18,20-23H2,1-3H3/t27-,28+,29-,33-,34+,36-/m0/s1. The number of benzene rings is 1. The molecule has 1 aromatic carbocycles. The zero-order valence-electron chi connectivity index (χ0n) is 27.6. The van der Waals surface area contributed by atoms with Crippen molar-refractivity contribution in [1.82, 2.24) is 4.98 Å². The summed E-state index contributed by atoms with van der Waals surface area (Å²) in [4.78, 5) is 4.30. The van der Waals surface area contributed by atoms with Crippen molar-refractivity contribution in [3.63, 3.8) is 0 Å². The second kappa shape index (κ2) is 11.2. The summed E-state index contributed by atoms with van der Waals surface area (Å²) < 4.78 is 85.2. The number of aliphatic hydroxyl groups is 2. The SMILES string of the molecule is CC1(C)COC2(CCC3=C4[C@@H](CC[C@@]3(O)C2)[C@@H]2CC[C@@](O)(C(F)(F)C(F)(F)F)[C@@]2(C)C[C@@H]4c2ccc(C=Cc3ccccn3)cc2)OC1. The van der Waals surface area contributed by atoms with Crippen molar-refractivity contribution in [3.8, 4) is 0 Å². The summed E-state index contributed by atoms with van der Waals surface area (Å²) in [6.45, 7) is 6.54. The highest BCUT2D eigenvalue weighted by Gasteiger charge is 2.79. The quantitative estimate of drug-likeness (QED) is 0.252. The number of aromatic nitrogens is 1. The number of ether oxygens (including phenoxy) is 2. The van der Waals surface area contributed by atoms with E-state index in [1.165, 1.54) is 6.92 Å². The summed E-state index contributed by atoms with van der Waals surface area (Å²) in [6, 6.07) is 13.2. The van der Waals surface area contributed by atoms with E-state index in [9.17, 15) is 23.4 Å². The molecule has 4 aliphatic carbocycles. The molecule has 1 aromatic heterocycles. The lowest BCUT2D eigenvalue weighted by molar-refractivity contribution is -0.362. The van der Waals surface area contributed by atoms with Crippen LogP contribution in [0.2, 0.25) is 0 Å². The maximum Gasteiger partial charge on any atom is 0.456 e. The van der Waals surface area contributed by atoms with E-state index in [1.807, 2.05) is 54.6 Å². The van der Waals surface area contributed by atoms with Gasteiger partial charge in [0.05, 0.1) is 24.5 Å². The van der Waals surface area contributed by atoms with Crippen LogP contribution in [0, 0.1) is 22.7 Å². The Morgan fingerprint density at radius 2 is 1.58 bits per heavy atom. The first-order valence-electron chi connectivity index (χ1n) is 17.0. The molecule has 6 atom stereocenters. The molecule has 2 N–H and O–H groups in total. The number of fused-ring (bicyclic) bond motifs is 4. The number of hydrogen-bond donors (Lipinski definition) is 2. The fourth-order valence-electron chi connectivity index (χ4n) is 9.80. The minimum atomic E-state index is -5.89. The van der Waals surface area contributed by atoms with Crippen LogP contribution in [-0.4, -0.2) is 57.5 Å². The van der Waals surface area contributed by atoms with Gasteiger partial charge in [-0.25, -0.2) is 0 Å². The monoisotopic (exact) mass is 673 g/mol. The third-order valence-electron chi connectivity index (χ3n) is 12.4. The van der Waals surface area contributed by atoms with E-state index in [2.05, 4.69) is 18.8 Å². The normalized spacial score (nSPS) is 36.2. The molecule has 2 aromatic rings. The number of alkyl halides is 5. The molecule has 0 unspecified atom stereocenters. The van der Waals surface area contributed by atoms with E-state index in [1.54, 1.807) is 6.20 Å². The second-order valence-electron chi connectivity index (χ2n) is 15.9. The first kappa shape index (κ1) is 33.8. The summed E-state index contributed by atoms with van der Waals surface area (Å²) in [5.41, 5.74) is -2.21. The van der Waals surface area contributed by atoms with Crippen LogP contribution in [0.1, 0.15) is 94.9 Å².